The van der Waals surface area contributed by atoms with E-state index < -0.39 is 5.97 Å². The van der Waals surface area contributed by atoms with Crippen molar-refractivity contribution in [3.63, 3.8) is 0 Å². The number of allylic oxidation sites excluding steroid dienone is 1. The van der Waals surface area contributed by atoms with Crippen LogP contribution < -0.4 is 0 Å². The normalized spacial score (nSPS) is 13.4. The third kappa shape index (κ3) is 3.28. The van der Waals surface area contributed by atoms with Gasteiger partial charge in [0.25, 0.3) is 0 Å². The van der Waals surface area contributed by atoms with Gasteiger partial charge in [-0.05, 0) is 12.3 Å². The van der Waals surface area contributed by atoms with Crippen LogP contribution in [-0.2, 0) is 4.79 Å². The third-order valence-electron chi connectivity index (χ3n) is 1.52. The number of carboxylic acid groups (broad SMARTS) is 1. The van der Waals surface area contributed by atoms with Crippen molar-refractivity contribution < 1.29 is 9.90 Å². The molecule has 0 aliphatic carbocycles. The molecule has 0 unspecified atom stereocenters. The van der Waals surface area contributed by atoms with Gasteiger partial charge in [0.15, 0.2) is 0 Å². The van der Waals surface area contributed by atoms with Crippen molar-refractivity contribution in [3.05, 3.63) is 11.6 Å². The molecule has 0 atom stereocenters. The number of carboxylic acids is 1. The first-order chi connectivity index (χ1) is 4.34. The average molecular weight is 142 g/mol. The zero-order valence-corrected chi connectivity index (χ0v) is 6.93. The molecular formula is C8H14O2. The molecule has 2 nitrogen and oxygen atoms in total. The van der Waals surface area contributed by atoms with E-state index in [9.17, 15) is 4.79 Å². The predicted molar refractivity (Wildman–Crippen MR) is 40.8 cm³/mol. The Balaban J connectivity index is 4.35. The molecule has 0 heterocycles. The van der Waals surface area contributed by atoms with E-state index in [-0.39, 0.29) is 5.41 Å². The first-order valence-corrected chi connectivity index (χ1v) is 3.26. The second-order valence-electron chi connectivity index (χ2n) is 3.42. The first-order valence-electron chi connectivity index (χ1n) is 3.26. The molecule has 58 valence electrons. The Kier molecular flexibility index (Phi) is 2.64. The van der Waals surface area contributed by atoms with Gasteiger partial charge in [-0.15, -0.1) is 0 Å². The summed E-state index contributed by atoms with van der Waals surface area (Å²) in [6.07, 6.45) is 1.25. The molecule has 0 bridgehead atoms. The van der Waals surface area contributed by atoms with Crippen LogP contribution >= 0.6 is 0 Å². The standard InChI is InChI=1S/C8H14O2/c1-6(5-7(9)10)8(2,3)4/h5H,1-4H3,(H,9,10). The zero-order valence-electron chi connectivity index (χ0n) is 6.93. The van der Waals surface area contributed by atoms with Crippen molar-refractivity contribution in [3.8, 4) is 0 Å². The van der Waals surface area contributed by atoms with Gasteiger partial charge in [-0.1, -0.05) is 26.3 Å². The molecule has 0 aliphatic rings. The maximum absolute atomic E-state index is 10.2. The highest BCUT2D eigenvalue weighted by atomic mass is 16.4. The summed E-state index contributed by atoms with van der Waals surface area (Å²) < 4.78 is 0. The Morgan fingerprint density at radius 2 is 1.80 bits per heavy atom. The van der Waals surface area contributed by atoms with E-state index >= 15 is 0 Å². The van der Waals surface area contributed by atoms with E-state index in [0.717, 1.165) is 5.57 Å². The van der Waals surface area contributed by atoms with Crippen molar-refractivity contribution in [1.29, 1.82) is 0 Å². The second-order valence-corrected chi connectivity index (χ2v) is 3.42. The number of aliphatic carboxylic acids is 1. The molecule has 0 aromatic heterocycles. The lowest BCUT2D eigenvalue weighted by atomic mass is 9.87. The minimum absolute atomic E-state index is 0.0294. The van der Waals surface area contributed by atoms with Crippen molar-refractivity contribution >= 4 is 5.97 Å². The maximum Gasteiger partial charge on any atom is 0.328 e. The van der Waals surface area contributed by atoms with Gasteiger partial charge in [-0.3, -0.25) is 0 Å². The van der Waals surface area contributed by atoms with Crippen LogP contribution in [0.15, 0.2) is 11.6 Å². The van der Waals surface area contributed by atoms with Gasteiger partial charge in [0.05, 0.1) is 0 Å². The van der Waals surface area contributed by atoms with E-state index in [2.05, 4.69) is 0 Å². The number of carbonyl (C=O) groups is 1. The highest BCUT2D eigenvalue weighted by Gasteiger charge is 2.12. The van der Waals surface area contributed by atoms with Crippen molar-refractivity contribution in [2.45, 2.75) is 27.7 Å². The van der Waals surface area contributed by atoms with Crippen molar-refractivity contribution in [2.75, 3.05) is 0 Å². The predicted octanol–water partition coefficient (Wildman–Crippen LogP) is 2.06. The topological polar surface area (TPSA) is 37.3 Å². The molecule has 0 saturated carbocycles. The molecule has 0 aromatic rings. The molecule has 0 spiro atoms. The van der Waals surface area contributed by atoms with Crippen molar-refractivity contribution in [1.82, 2.24) is 0 Å². The fourth-order valence-corrected chi connectivity index (χ4v) is 0.402. The summed E-state index contributed by atoms with van der Waals surface area (Å²) in [6, 6.07) is 0. The molecule has 0 rings (SSSR count). The summed E-state index contributed by atoms with van der Waals surface area (Å²) in [7, 11) is 0. The number of hydrogen-bond acceptors (Lipinski definition) is 1. The Labute approximate surface area is 61.6 Å². The van der Waals surface area contributed by atoms with E-state index in [1.165, 1.54) is 6.08 Å². The van der Waals surface area contributed by atoms with Crippen LogP contribution in [-0.4, -0.2) is 11.1 Å². The SMILES string of the molecule is CC(=CC(=O)O)C(C)(C)C. The molecule has 0 fully saturated rings. The lowest BCUT2D eigenvalue weighted by Gasteiger charge is -2.18. The monoisotopic (exact) mass is 142 g/mol. The Bertz CT molecular complexity index is 161. The van der Waals surface area contributed by atoms with Gasteiger partial charge in [0.2, 0.25) is 0 Å². The van der Waals surface area contributed by atoms with Gasteiger partial charge in [0, 0.05) is 6.08 Å². The fourth-order valence-electron chi connectivity index (χ4n) is 0.402. The maximum atomic E-state index is 10.2. The highest BCUT2D eigenvalue weighted by molar-refractivity contribution is 5.80. The molecule has 1 N–H and O–H groups in total. The summed E-state index contributed by atoms with van der Waals surface area (Å²) in [5.41, 5.74) is 0.860. The molecule has 2 heteroatoms. The van der Waals surface area contributed by atoms with Crippen molar-refractivity contribution in [2.24, 2.45) is 5.41 Å². The van der Waals surface area contributed by atoms with Gasteiger partial charge in [0.1, 0.15) is 0 Å². The Morgan fingerprint density at radius 3 is 1.90 bits per heavy atom. The lowest BCUT2D eigenvalue weighted by Crippen LogP contribution is -2.08. The van der Waals surface area contributed by atoms with Crippen LogP contribution in [0.5, 0.6) is 0 Å². The lowest BCUT2D eigenvalue weighted by molar-refractivity contribution is -0.131. The van der Waals surface area contributed by atoms with Crippen LogP contribution in [0, 0.1) is 5.41 Å². The molecular weight excluding hydrogens is 128 g/mol. The summed E-state index contributed by atoms with van der Waals surface area (Å²) in [4.78, 5) is 10.2. The molecule has 0 saturated heterocycles. The molecule has 0 amide bonds. The van der Waals surface area contributed by atoms with E-state index in [4.69, 9.17) is 5.11 Å². The third-order valence-corrected chi connectivity index (χ3v) is 1.52. The molecule has 0 radical (unpaired) electrons. The van der Waals surface area contributed by atoms with Gasteiger partial charge in [-0.25, -0.2) is 4.79 Å². The quantitative estimate of drug-likeness (QED) is 0.569. The summed E-state index contributed by atoms with van der Waals surface area (Å²) in [5, 5.41) is 8.37. The average Bonchev–Trinajstić information content (AvgIpc) is 1.60. The van der Waals surface area contributed by atoms with E-state index in [1.807, 2.05) is 27.7 Å². The van der Waals surface area contributed by atoms with Crippen LogP contribution in [0.25, 0.3) is 0 Å². The first kappa shape index (κ1) is 9.21. The van der Waals surface area contributed by atoms with E-state index in [1.54, 1.807) is 0 Å². The fraction of sp³-hybridized carbons (Fsp3) is 0.625. The minimum Gasteiger partial charge on any atom is -0.478 e. The molecule has 0 aliphatic heterocycles. The van der Waals surface area contributed by atoms with Crippen LogP contribution in [0.4, 0.5) is 0 Å². The highest BCUT2D eigenvalue weighted by Crippen LogP contribution is 2.23. The number of hydrogen-bond donors (Lipinski definition) is 1. The number of rotatable bonds is 1. The van der Waals surface area contributed by atoms with Gasteiger partial charge in [-0.2, -0.15) is 0 Å². The zero-order chi connectivity index (χ0) is 8.36. The summed E-state index contributed by atoms with van der Waals surface area (Å²) in [6.45, 7) is 7.79. The molecule has 10 heavy (non-hydrogen) atoms. The summed E-state index contributed by atoms with van der Waals surface area (Å²) >= 11 is 0. The van der Waals surface area contributed by atoms with Crippen LogP contribution in [0.3, 0.4) is 0 Å². The Hall–Kier alpha value is -0.790. The van der Waals surface area contributed by atoms with Gasteiger partial charge >= 0.3 is 5.97 Å². The van der Waals surface area contributed by atoms with Crippen LogP contribution in [0.2, 0.25) is 0 Å². The smallest absolute Gasteiger partial charge is 0.328 e. The van der Waals surface area contributed by atoms with Gasteiger partial charge < -0.3 is 5.11 Å². The summed E-state index contributed by atoms with van der Waals surface area (Å²) in [5.74, 6) is -0.868. The second kappa shape index (κ2) is 2.86. The Morgan fingerprint density at radius 1 is 1.40 bits per heavy atom. The minimum atomic E-state index is -0.868. The van der Waals surface area contributed by atoms with E-state index in [0.29, 0.717) is 0 Å². The van der Waals surface area contributed by atoms with Crippen LogP contribution in [0.1, 0.15) is 27.7 Å². The molecule has 0 aromatic carbocycles. The largest absolute Gasteiger partial charge is 0.478 e.